The molecule has 0 radical (unpaired) electrons. The third kappa shape index (κ3) is 3.15. The zero-order chi connectivity index (χ0) is 21.8. The van der Waals surface area contributed by atoms with Crippen LogP contribution in [0.2, 0.25) is 0 Å². The number of anilines is 2. The van der Waals surface area contributed by atoms with E-state index in [0.29, 0.717) is 35.6 Å². The first-order valence-corrected chi connectivity index (χ1v) is 9.90. The predicted octanol–water partition coefficient (Wildman–Crippen LogP) is 4.38. The second kappa shape index (κ2) is 7.11. The van der Waals surface area contributed by atoms with Crippen molar-refractivity contribution < 1.29 is 17.9 Å². The Morgan fingerprint density at radius 1 is 1.23 bits per heavy atom. The molecule has 0 saturated heterocycles. The first-order chi connectivity index (χ1) is 14.9. The van der Waals surface area contributed by atoms with Crippen LogP contribution in [0.3, 0.4) is 0 Å². The number of nitrogens with one attached hydrogen (secondary N) is 1. The van der Waals surface area contributed by atoms with Gasteiger partial charge < -0.3 is 15.8 Å². The van der Waals surface area contributed by atoms with Gasteiger partial charge in [-0.1, -0.05) is 0 Å². The van der Waals surface area contributed by atoms with Crippen molar-refractivity contribution in [3.05, 3.63) is 54.1 Å². The summed E-state index contributed by atoms with van der Waals surface area (Å²) in [7, 11) is 1.55. The second-order valence-electron chi connectivity index (χ2n) is 7.96. The summed E-state index contributed by atoms with van der Waals surface area (Å²) in [5.74, 6) is 0.0178. The number of methoxy groups -OCH3 is 1. The van der Waals surface area contributed by atoms with Crippen molar-refractivity contribution in [1.82, 2.24) is 9.97 Å². The summed E-state index contributed by atoms with van der Waals surface area (Å²) in [5.41, 5.74) is 4.71. The minimum atomic E-state index is -2.88. The van der Waals surface area contributed by atoms with Crippen LogP contribution in [0.5, 0.6) is 5.75 Å². The van der Waals surface area contributed by atoms with E-state index in [2.05, 4.69) is 20.3 Å². The maximum atomic E-state index is 14.8. The maximum Gasteiger partial charge on any atom is 0.267 e. The topological polar surface area (TPSA) is 85.4 Å². The van der Waals surface area contributed by atoms with Gasteiger partial charge in [0.25, 0.3) is 6.43 Å². The molecule has 31 heavy (non-hydrogen) atoms. The largest absolute Gasteiger partial charge is 0.495 e. The SMILES string of the molecule is COc1cnc2c(Nc3ccc(F)c([C@@]4(C(F)F)N=C(N)C[C@@H]5C[C@@H]54)c3)nccc2c1. The molecule has 5 rings (SSSR count). The Hall–Kier alpha value is -3.36. The van der Waals surface area contributed by atoms with Crippen LogP contribution in [0, 0.1) is 17.7 Å². The molecule has 3 atom stereocenters. The minimum absolute atomic E-state index is 0.0152. The van der Waals surface area contributed by atoms with Crippen molar-refractivity contribution in [3.8, 4) is 5.75 Å². The molecule has 0 spiro atoms. The van der Waals surface area contributed by atoms with Crippen molar-refractivity contribution >= 4 is 28.2 Å². The van der Waals surface area contributed by atoms with Crippen molar-refractivity contribution in [3.63, 3.8) is 0 Å². The van der Waals surface area contributed by atoms with E-state index in [1.165, 1.54) is 18.2 Å². The number of ether oxygens (including phenoxy) is 1. The molecule has 3 heterocycles. The average Bonchev–Trinajstić information content (AvgIpc) is 3.53. The summed E-state index contributed by atoms with van der Waals surface area (Å²) in [5, 5.41) is 3.87. The highest BCUT2D eigenvalue weighted by Crippen LogP contribution is 2.60. The molecule has 1 fully saturated rings. The summed E-state index contributed by atoms with van der Waals surface area (Å²) < 4.78 is 48.7. The summed E-state index contributed by atoms with van der Waals surface area (Å²) in [6.07, 6.45) is 1.31. The maximum absolute atomic E-state index is 14.8. The molecule has 6 nitrogen and oxygen atoms in total. The van der Waals surface area contributed by atoms with Crippen LogP contribution < -0.4 is 15.8 Å². The molecular formula is C22H20F3N5O. The van der Waals surface area contributed by atoms with Gasteiger partial charge in [0.15, 0.2) is 11.4 Å². The highest BCUT2D eigenvalue weighted by atomic mass is 19.3. The van der Waals surface area contributed by atoms with Crippen molar-refractivity contribution in [2.24, 2.45) is 22.6 Å². The van der Waals surface area contributed by atoms with Crippen LogP contribution in [0.15, 0.2) is 47.7 Å². The molecule has 3 aromatic rings. The highest BCUT2D eigenvalue weighted by molar-refractivity contribution is 5.90. The number of nitrogens with two attached hydrogens (primary N) is 1. The molecule has 2 aliphatic rings. The van der Waals surface area contributed by atoms with E-state index in [4.69, 9.17) is 10.5 Å². The fourth-order valence-electron chi connectivity index (χ4n) is 4.52. The number of halogens is 3. The van der Waals surface area contributed by atoms with Crippen molar-refractivity contribution in [2.45, 2.75) is 24.8 Å². The van der Waals surface area contributed by atoms with E-state index in [1.807, 2.05) is 6.07 Å². The van der Waals surface area contributed by atoms with Crippen molar-refractivity contribution in [2.75, 3.05) is 12.4 Å². The fourth-order valence-corrected chi connectivity index (χ4v) is 4.52. The molecular weight excluding hydrogens is 407 g/mol. The monoisotopic (exact) mass is 427 g/mol. The van der Waals surface area contributed by atoms with E-state index < -0.39 is 23.7 Å². The molecule has 1 aliphatic carbocycles. The van der Waals surface area contributed by atoms with Gasteiger partial charge in [-0.3, -0.25) is 4.99 Å². The first kappa shape index (κ1) is 19.6. The number of amidine groups is 1. The predicted molar refractivity (Wildman–Crippen MR) is 111 cm³/mol. The highest BCUT2D eigenvalue weighted by Gasteiger charge is 2.62. The van der Waals surface area contributed by atoms with E-state index in [0.717, 1.165) is 5.39 Å². The number of pyridine rings is 2. The van der Waals surface area contributed by atoms with Gasteiger partial charge in [0.05, 0.1) is 19.1 Å². The van der Waals surface area contributed by atoms with E-state index >= 15 is 0 Å². The molecule has 3 N–H and O–H groups in total. The zero-order valence-corrected chi connectivity index (χ0v) is 16.6. The van der Waals surface area contributed by atoms with E-state index in [1.54, 1.807) is 25.6 Å². The number of aromatic nitrogens is 2. The Morgan fingerprint density at radius 3 is 2.84 bits per heavy atom. The van der Waals surface area contributed by atoms with Gasteiger partial charge in [0, 0.05) is 29.3 Å². The Balaban J connectivity index is 1.57. The number of rotatable bonds is 5. The van der Waals surface area contributed by atoms with Crippen LogP contribution in [-0.4, -0.2) is 29.3 Å². The number of hydrogen-bond donors (Lipinski definition) is 2. The third-order valence-electron chi connectivity index (χ3n) is 6.09. The van der Waals surface area contributed by atoms with Gasteiger partial charge >= 0.3 is 0 Å². The average molecular weight is 427 g/mol. The lowest BCUT2D eigenvalue weighted by atomic mass is 9.82. The normalized spacial score (nSPS) is 24.6. The number of alkyl halides is 2. The molecule has 9 heteroatoms. The fraction of sp³-hybridized carbons (Fsp3) is 0.318. The molecule has 1 aromatic carbocycles. The number of nitrogens with zero attached hydrogens (tertiary/aromatic N) is 3. The van der Waals surface area contributed by atoms with E-state index in [-0.39, 0.29) is 17.3 Å². The second-order valence-corrected chi connectivity index (χ2v) is 7.96. The minimum Gasteiger partial charge on any atom is -0.495 e. The molecule has 0 bridgehead atoms. The summed E-state index contributed by atoms with van der Waals surface area (Å²) >= 11 is 0. The van der Waals surface area contributed by atoms with Crippen LogP contribution in [-0.2, 0) is 5.54 Å². The zero-order valence-electron chi connectivity index (χ0n) is 16.6. The standard InChI is InChI=1S/C22H20F3N5O/c1-31-14-6-11-4-5-27-20(19(11)28-10-14)29-13-2-3-17(23)16(9-13)22(21(24)25)15-7-12(15)8-18(26)30-22/h2-6,9-10,12,15,21H,7-8H2,1H3,(H2,26,30)(H,27,29)/t12-,15-,22-/m0/s1. The van der Waals surface area contributed by atoms with Gasteiger partial charge in [0.2, 0.25) is 0 Å². The number of fused-ring (bicyclic) bond motifs is 2. The molecule has 1 saturated carbocycles. The van der Waals surface area contributed by atoms with Gasteiger partial charge in [-0.05, 0) is 48.6 Å². The third-order valence-corrected chi connectivity index (χ3v) is 6.09. The lowest BCUT2D eigenvalue weighted by molar-refractivity contribution is 0.0322. The van der Waals surface area contributed by atoms with Crippen LogP contribution in [0.4, 0.5) is 24.7 Å². The Bertz CT molecular complexity index is 1200. The van der Waals surface area contributed by atoms with E-state index in [9.17, 15) is 13.2 Å². The van der Waals surface area contributed by atoms with Gasteiger partial charge in [0.1, 0.15) is 17.1 Å². The molecule has 0 amide bonds. The van der Waals surface area contributed by atoms with Crippen LogP contribution in [0.1, 0.15) is 18.4 Å². The Kier molecular flexibility index (Phi) is 4.49. The summed E-state index contributed by atoms with van der Waals surface area (Å²) in [4.78, 5) is 12.8. The van der Waals surface area contributed by atoms with Crippen LogP contribution in [0.25, 0.3) is 10.9 Å². The quantitative estimate of drug-likeness (QED) is 0.631. The van der Waals surface area contributed by atoms with Gasteiger partial charge in [-0.15, -0.1) is 0 Å². The Labute approximate surface area is 176 Å². The van der Waals surface area contributed by atoms with Gasteiger partial charge in [-0.25, -0.2) is 23.1 Å². The smallest absolute Gasteiger partial charge is 0.267 e. The number of aliphatic imine (C=N–C) groups is 1. The molecule has 160 valence electrons. The van der Waals surface area contributed by atoms with Crippen molar-refractivity contribution in [1.29, 1.82) is 0 Å². The molecule has 0 unspecified atom stereocenters. The lowest BCUT2D eigenvalue weighted by Gasteiger charge is -2.34. The Morgan fingerprint density at radius 2 is 2.06 bits per heavy atom. The number of benzene rings is 1. The van der Waals surface area contributed by atoms with Crippen LogP contribution >= 0.6 is 0 Å². The summed E-state index contributed by atoms with van der Waals surface area (Å²) in [6, 6.07) is 7.61. The lowest BCUT2D eigenvalue weighted by Crippen LogP contribution is -2.41. The first-order valence-electron chi connectivity index (χ1n) is 9.90. The number of hydrogen-bond acceptors (Lipinski definition) is 6. The molecule has 1 aliphatic heterocycles. The summed E-state index contributed by atoms with van der Waals surface area (Å²) in [6.45, 7) is 0. The molecule has 2 aromatic heterocycles. The van der Waals surface area contributed by atoms with Gasteiger partial charge in [-0.2, -0.15) is 0 Å².